The molecule has 0 saturated carbocycles. The second kappa shape index (κ2) is 5.12. The largest absolute Gasteiger partial charge is 0.452 e. The van der Waals surface area contributed by atoms with Crippen molar-refractivity contribution in [2.75, 3.05) is 0 Å². The van der Waals surface area contributed by atoms with Gasteiger partial charge in [0.2, 0.25) is 5.78 Å². The van der Waals surface area contributed by atoms with Gasteiger partial charge in [-0.2, -0.15) is 0 Å². The number of carbonyl (C=O) groups excluding carboxylic acids is 1. The van der Waals surface area contributed by atoms with E-state index in [-0.39, 0.29) is 5.78 Å². The first-order valence-electron chi connectivity index (χ1n) is 5.59. The number of thiophene rings is 1. The number of para-hydroxylation sites is 1. The standard InChI is InChI=1S/C14H8BrClO2S/c15-10-3-1-2-8-6-12(18-14(8)10)11(17)7-9-4-5-13(16)19-9/h1-6H,7H2. The fraction of sp³-hybridized carbons (Fsp3) is 0.0714. The number of rotatable bonds is 3. The van der Waals surface area contributed by atoms with Crippen LogP contribution >= 0.6 is 38.9 Å². The van der Waals surface area contributed by atoms with Crippen LogP contribution in [0.2, 0.25) is 4.34 Å². The van der Waals surface area contributed by atoms with Crippen molar-refractivity contribution >= 4 is 55.6 Å². The molecule has 3 rings (SSSR count). The van der Waals surface area contributed by atoms with Gasteiger partial charge >= 0.3 is 0 Å². The van der Waals surface area contributed by atoms with Gasteiger partial charge in [-0.05, 0) is 40.2 Å². The maximum atomic E-state index is 12.2. The lowest BCUT2D eigenvalue weighted by Crippen LogP contribution is -1.99. The lowest BCUT2D eigenvalue weighted by molar-refractivity contribution is 0.0969. The lowest BCUT2D eigenvalue weighted by Gasteiger charge is -1.94. The van der Waals surface area contributed by atoms with Crippen LogP contribution in [0.15, 0.2) is 45.3 Å². The minimum Gasteiger partial charge on any atom is -0.452 e. The van der Waals surface area contributed by atoms with Crippen LogP contribution in [-0.4, -0.2) is 5.78 Å². The summed E-state index contributed by atoms with van der Waals surface area (Å²) in [5.74, 6) is 0.341. The first-order chi connectivity index (χ1) is 9.13. The van der Waals surface area contributed by atoms with Crippen molar-refractivity contribution in [1.29, 1.82) is 0 Å². The number of hydrogen-bond acceptors (Lipinski definition) is 3. The minimum absolute atomic E-state index is 0.0402. The smallest absolute Gasteiger partial charge is 0.203 e. The van der Waals surface area contributed by atoms with E-state index in [1.54, 1.807) is 12.1 Å². The predicted octanol–water partition coefficient (Wildman–Crippen LogP) is 5.34. The Morgan fingerprint density at radius 2 is 2.16 bits per heavy atom. The molecule has 0 saturated heterocycles. The number of hydrogen-bond donors (Lipinski definition) is 0. The maximum Gasteiger partial charge on any atom is 0.203 e. The van der Waals surface area contributed by atoms with Crippen LogP contribution in [-0.2, 0) is 6.42 Å². The molecule has 0 bridgehead atoms. The molecule has 0 N–H and O–H groups in total. The Labute approximate surface area is 127 Å². The quantitative estimate of drug-likeness (QED) is 0.594. The van der Waals surface area contributed by atoms with Gasteiger partial charge in [0.05, 0.1) is 8.81 Å². The number of carbonyl (C=O) groups is 1. The molecule has 1 aromatic carbocycles. The Morgan fingerprint density at radius 3 is 2.84 bits per heavy atom. The van der Waals surface area contributed by atoms with E-state index in [1.165, 1.54) is 11.3 Å². The van der Waals surface area contributed by atoms with E-state index < -0.39 is 0 Å². The van der Waals surface area contributed by atoms with E-state index >= 15 is 0 Å². The molecule has 0 spiro atoms. The van der Waals surface area contributed by atoms with Gasteiger partial charge in [0, 0.05) is 16.7 Å². The average Bonchev–Trinajstić information content (AvgIpc) is 2.96. The number of benzene rings is 1. The molecule has 0 unspecified atom stereocenters. The topological polar surface area (TPSA) is 30.2 Å². The fourth-order valence-corrected chi connectivity index (χ4v) is 3.41. The molecule has 0 aliphatic carbocycles. The van der Waals surface area contributed by atoms with E-state index in [4.69, 9.17) is 16.0 Å². The number of ketones is 1. The summed E-state index contributed by atoms with van der Waals surface area (Å²) in [6, 6.07) is 11.2. The van der Waals surface area contributed by atoms with E-state index in [0.717, 1.165) is 14.7 Å². The zero-order chi connectivity index (χ0) is 13.4. The summed E-state index contributed by atoms with van der Waals surface area (Å²) in [4.78, 5) is 13.1. The Hall–Kier alpha value is -1.10. The first kappa shape index (κ1) is 12.9. The van der Waals surface area contributed by atoms with Crippen LogP contribution in [0.3, 0.4) is 0 Å². The summed E-state index contributed by atoms with van der Waals surface area (Å²) in [5.41, 5.74) is 0.704. The zero-order valence-corrected chi connectivity index (χ0v) is 12.8. The molecule has 19 heavy (non-hydrogen) atoms. The maximum absolute atomic E-state index is 12.2. The molecule has 0 radical (unpaired) electrons. The lowest BCUT2D eigenvalue weighted by atomic mass is 10.2. The molecule has 5 heteroatoms. The van der Waals surface area contributed by atoms with Crippen LogP contribution in [0, 0.1) is 0 Å². The van der Waals surface area contributed by atoms with Crippen molar-refractivity contribution < 1.29 is 9.21 Å². The second-order valence-corrected chi connectivity index (χ2v) is 6.73. The SMILES string of the molecule is O=C(Cc1ccc(Cl)s1)c1cc2cccc(Br)c2o1. The highest BCUT2D eigenvalue weighted by molar-refractivity contribution is 9.10. The fourth-order valence-electron chi connectivity index (χ4n) is 1.86. The summed E-state index contributed by atoms with van der Waals surface area (Å²) in [5, 5.41) is 0.918. The van der Waals surface area contributed by atoms with Gasteiger partial charge in [0.1, 0.15) is 5.58 Å². The Kier molecular flexibility index (Phi) is 3.48. The highest BCUT2D eigenvalue weighted by Crippen LogP contribution is 2.28. The van der Waals surface area contributed by atoms with Gasteiger partial charge in [-0.25, -0.2) is 0 Å². The molecule has 0 fully saturated rings. The van der Waals surface area contributed by atoms with E-state index in [9.17, 15) is 4.79 Å². The number of fused-ring (bicyclic) bond motifs is 1. The van der Waals surface area contributed by atoms with Gasteiger partial charge in [-0.3, -0.25) is 4.79 Å². The van der Waals surface area contributed by atoms with E-state index in [2.05, 4.69) is 15.9 Å². The first-order valence-corrected chi connectivity index (χ1v) is 7.58. The van der Waals surface area contributed by atoms with Gasteiger partial charge in [-0.15, -0.1) is 11.3 Å². The Bertz CT molecular complexity index is 760. The normalized spacial score (nSPS) is 11.1. The molecule has 96 valence electrons. The summed E-state index contributed by atoms with van der Waals surface area (Å²) >= 11 is 10.7. The van der Waals surface area contributed by atoms with Gasteiger partial charge in [-0.1, -0.05) is 23.7 Å². The molecule has 0 aliphatic rings. The number of halogens is 2. The van der Waals surface area contributed by atoms with Crippen molar-refractivity contribution in [2.45, 2.75) is 6.42 Å². The van der Waals surface area contributed by atoms with Crippen LogP contribution in [0.4, 0.5) is 0 Å². The third-order valence-corrected chi connectivity index (χ3v) is 4.59. The number of furan rings is 1. The molecular weight excluding hydrogens is 348 g/mol. The van der Waals surface area contributed by atoms with Gasteiger partial charge in [0.15, 0.2) is 5.76 Å². The predicted molar refractivity (Wildman–Crippen MR) is 81.3 cm³/mol. The molecule has 0 aliphatic heterocycles. The summed E-state index contributed by atoms with van der Waals surface area (Å²) in [6.07, 6.45) is 0.314. The average molecular weight is 356 g/mol. The van der Waals surface area contributed by atoms with Crippen molar-refractivity contribution in [3.8, 4) is 0 Å². The molecular formula is C14H8BrClO2S. The molecule has 0 amide bonds. The van der Waals surface area contributed by atoms with Crippen molar-refractivity contribution in [3.05, 3.63) is 55.8 Å². The second-order valence-electron chi connectivity index (χ2n) is 4.07. The third kappa shape index (κ3) is 2.61. The summed E-state index contributed by atoms with van der Waals surface area (Å²) < 4.78 is 7.16. The Balaban J connectivity index is 1.91. The van der Waals surface area contributed by atoms with Crippen molar-refractivity contribution in [3.63, 3.8) is 0 Å². The third-order valence-electron chi connectivity index (χ3n) is 2.73. The van der Waals surface area contributed by atoms with E-state index in [1.807, 2.05) is 24.3 Å². The molecule has 0 atom stereocenters. The van der Waals surface area contributed by atoms with Gasteiger partial charge < -0.3 is 4.42 Å². The zero-order valence-electron chi connectivity index (χ0n) is 9.65. The Morgan fingerprint density at radius 1 is 1.32 bits per heavy atom. The van der Waals surface area contributed by atoms with E-state index in [0.29, 0.717) is 22.1 Å². The summed E-state index contributed by atoms with van der Waals surface area (Å²) in [6.45, 7) is 0. The molecule has 2 aromatic heterocycles. The highest BCUT2D eigenvalue weighted by atomic mass is 79.9. The van der Waals surface area contributed by atoms with Crippen molar-refractivity contribution in [1.82, 2.24) is 0 Å². The molecule has 2 heterocycles. The monoisotopic (exact) mass is 354 g/mol. The molecule has 3 aromatic rings. The van der Waals surface area contributed by atoms with Crippen LogP contribution in [0.1, 0.15) is 15.4 Å². The minimum atomic E-state index is -0.0402. The van der Waals surface area contributed by atoms with Crippen molar-refractivity contribution in [2.24, 2.45) is 0 Å². The van der Waals surface area contributed by atoms with Gasteiger partial charge in [0.25, 0.3) is 0 Å². The number of Topliss-reactive ketones (excluding diaryl/α,β-unsaturated/α-hetero) is 1. The van der Waals surface area contributed by atoms with Crippen LogP contribution < -0.4 is 0 Å². The highest BCUT2D eigenvalue weighted by Gasteiger charge is 2.15. The molecule has 2 nitrogen and oxygen atoms in total. The van der Waals surface area contributed by atoms with Crippen LogP contribution in [0.5, 0.6) is 0 Å². The van der Waals surface area contributed by atoms with Crippen LogP contribution in [0.25, 0.3) is 11.0 Å². The summed E-state index contributed by atoms with van der Waals surface area (Å²) in [7, 11) is 0.